The fourth-order valence-corrected chi connectivity index (χ4v) is 1.58. The summed E-state index contributed by atoms with van der Waals surface area (Å²) in [5.41, 5.74) is -0.368. The second kappa shape index (κ2) is 4.01. The molecule has 0 bridgehead atoms. The molecule has 2 rings (SSSR count). The van der Waals surface area contributed by atoms with Gasteiger partial charge < -0.3 is 9.64 Å². The number of ketones is 1. The van der Waals surface area contributed by atoms with Crippen molar-refractivity contribution in [3.05, 3.63) is 23.8 Å². The number of benzene rings is 1. The average molecular weight is 259 g/mol. The molecule has 0 aromatic heterocycles. The van der Waals surface area contributed by atoms with E-state index in [-0.39, 0.29) is 24.0 Å². The summed E-state index contributed by atoms with van der Waals surface area (Å²) in [7, 11) is 1.41. The van der Waals surface area contributed by atoms with Gasteiger partial charge in [-0.15, -0.1) is 0 Å². The molecule has 18 heavy (non-hydrogen) atoms. The Hall–Kier alpha value is -2.05. The highest BCUT2D eigenvalue weighted by Gasteiger charge is 2.39. The SMILES string of the molecule is CN1C(=O)COc2ccc(C(=O)C(F)(F)F)cc21. The highest BCUT2D eigenvalue weighted by Crippen LogP contribution is 2.33. The third kappa shape index (κ3) is 2.03. The molecule has 0 unspecified atom stereocenters. The zero-order valence-corrected chi connectivity index (χ0v) is 9.25. The van der Waals surface area contributed by atoms with Crippen LogP contribution in [-0.2, 0) is 4.79 Å². The summed E-state index contributed by atoms with van der Waals surface area (Å²) in [6.45, 7) is -0.171. The Morgan fingerprint density at radius 1 is 1.39 bits per heavy atom. The zero-order chi connectivity index (χ0) is 13.5. The molecule has 4 nitrogen and oxygen atoms in total. The van der Waals surface area contributed by atoms with Gasteiger partial charge in [0.05, 0.1) is 5.69 Å². The van der Waals surface area contributed by atoms with Crippen molar-refractivity contribution >= 4 is 17.4 Å². The van der Waals surface area contributed by atoms with Crippen LogP contribution in [0, 0.1) is 0 Å². The first-order chi connectivity index (χ1) is 8.30. The number of carbonyl (C=O) groups excluding carboxylic acids is 2. The molecule has 0 aliphatic carbocycles. The van der Waals surface area contributed by atoms with Crippen molar-refractivity contribution < 1.29 is 27.5 Å². The first kappa shape index (κ1) is 12.4. The van der Waals surface area contributed by atoms with Crippen LogP contribution in [0.15, 0.2) is 18.2 Å². The van der Waals surface area contributed by atoms with Crippen LogP contribution >= 0.6 is 0 Å². The lowest BCUT2D eigenvalue weighted by molar-refractivity contribution is -0.120. The molecular formula is C11H8F3NO3. The van der Waals surface area contributed by atoms with Crippen LogP contribution in [0.2, 0.25) is 0 Å². The van der Waals surface area contributed by atoms with E-state index in [0.717, 1.165) is 17.0 Å². The summed E-state index contributed by atoms with van der Waals surface area (Å²) < 4.78 is 41.9. The number of anilines is 1. The van der Waals surface area contributed by atoms with Gasteiger partial charge in [-0.05, 0) is 18.2 Å². The Morgan fingerprint density at radius 2 is 2.06 bits per heavy atom. The number of likely N-dealkylation sites (N-methyl/N-ethyl adjacent to an activating group) is 1. The fourth-order valence-electron chi connectivity index (χ4n) is 1.58. The topological polar surface area (TPSA) is 46.6 Å². The van der Waals surface area contributed by atoms with Gasteiger partial charge in [-0.25, -0.2) is 0 Å². The van der Waals surface area contributed by atoms with Crippen molar-refractivity contribution in [2.75, 3.05) is 18.6 Å². The van der Waals surface area contributed by atoms with E-state index in [9.17, 15) is 22.8 Å². The molecule has 0 saturated carbocycles. The second-order valence-corrected chi connectivity index (χ2v) is 3.75. The second-order valence-electron chi connectivity index (χ2n) is 3.75. The van der Waals surface area contributed by atoms with Crippen LogP contribution in [0.4, 0.5) is 18.9 Å². The summed E-state index contributed by atoms with van der Waals surface area (Å²) in [4.78, 5) is 23.6. The lowest BCUT2D eigenvalue weighted by atomic mass is 10.1. The summed E-state index contributed by atoms with van der Waals surface area (Å²) in [5, 5.41) is 0. The molecule has 0 atom stereocenters. The standard InChI is InChI=1S/C11H8F3NO3/c1-15-7-4-6(10(17)11(12,13)14)2-3-8(7)18-5-9(15)16/h2-4H,5H2,1H3. The van der Waals surface area contributed by atoms with Crippen molar-refractivity contribution in [2.24, 2.45) is 0 Å². The Labute approximate surface area is 99.9 Å². The number of rotatable bonds is 1. The molecule has 0 spiro atoms. The Morgan fingerprint density at radius 3 is 2.67 bits per heavy atom. The normalized spacial score (nSPS) is 15.1. The van der Waals surface area contributed by atoms with E-state index in [1.807, 2.05) is 0 Å². The molecule has 1 aliphatic rings. The predicted octanol–water partition coefficient (Wildman–Crippen LogP) is 1.79. The maximum Gasteiger partial charge on any atom is 0.454 e. The summed E-state index contributed by atoms with van der Waals surface area (Å²) in [6.07, 6.45) is -4.94. The highest BCUT2D eigenvalue weighted by molar-refractivity contribution is 6.03. The molecule has 1 heterocycles. The number of ether oxygens (including phenoxy) is 1. The maximum absolute atomic E-state index is 12.3. The van der Waals surface area contributed by atoms with Gasteiger partial charge in [-0.2, -0.15) is 13.2 Å². The summed E-state index contributed by atoms with van der Waals surface area (Å²) in [6, 6.07) is 3.28. The van der Waals surface area contributed by atoms with Crippen molar-refractivity contribution in [3.63, 3.8) is 0 Å². The Bertz CT molecular complexity index is 525. The molecule has 7 heteroatoms. The smallest absolute Gasteiger partial charge is 0.454 e. The van der Waals surface area contributed by atoms with Gasteiger partial charge in [0.1, 0.15) is 5.75 Å². The average Bonchev–Trinajstić information content (AvgIpc) is 2.31. The Balaban J connectivity index is 2.44. The van der Waals surface area contributed by atoms with Crippen LogP contribution in [0.3, 0.4) is 0 Å². The number of nitrogens with zero attached hydrogens (tertiary/aromatic N) is 1. The van der Waals surface area contributed by atoms with E-state index < -0.39 is 17.5 Å². The first-order valence-electron chi connectivity index (χ1n) is 4.95. The number of alkyl halides is 3. The minimum Gasteiger partial charge on any atom is -0.482 e. The lowest BCUT2D eigenvalue weighted by Gasteiger charge is -2.26. The molecule has 0 fully saturated rings. The minimum absolute atomic E-state index is 0.154. The van der Waals surface area contributed by atoms with Gasteiger partial charge >= 0.3 is 6.18 Å². The quantitative estimate of drug-likeness (QED) is 0.722. The molecule has 96 valence electrons. The molecule has 1 aromatic carbocycles. The van der Waals surface area contributed by atoms with Gasteiger partial charge in [0.15, 0.2) is 6.61 Å². The number of amides is 1. The molecule has 1 aromatic rings. The van der Waals surface area contributed by atoms with Gasteiger partial charge in [-0.3, -0.25) is 9.59 Å². The predicted molar refractivity (Wildman–Crippen MR) is 55.7 cm³/mol. The van der Waals surface area contributed by atoms with E-state index >= 15 is 0 Å². The van der Waals surface area contributed by atoms with E-state index in [0.29, 0.717) is 0 Å². The van der Waals surface area contributed by atoms with Crippen LogP contribution in [-0.4, -0.2) is 31.5 Å². The first-order valence-corrected chi connectivity index (χ1v) is 4.95. The van der Waals surface area contributed by atoms with E-state index in [1.165, 1.54) is 13.1 Å². The number of hydrogen-bond donors (Lipinski definition) is 0. The molecule has 0 saturated heterocycles. The summed E-state index contributed by atoms with van der Waals surface area (Å²) in [5.74, 6) is -2.06. The molecule has 0 N–H and O–H groups in total. The lowest BCUT2D eigenvalue weighted by Crippen LogP contribution is -2.35. The molecule has 1 amide bonds. The molecular weight excluding hydrogens is 251 g/mol. The molecule has 0 radical (unpaired) electrons. The van der Waals surface area contributed by atoms with Gasteiger partial charge in [-0.1, -0.05) is 0 Å². The van der Waals surface area contributed by atoms with Crippen LogP contribution in [0.5, 0.6) is 5.75 Å². The van der Waals surface area contributed by atoms with Gasteiger partial charge in [0.25, 0.3) is 11.7 Å². The van der Waals surface area contributed by atoms with Crippen LogP contribution < -0.4 is 9.64 Å². The van der Waals surface area contributed by atoms with Gasteiger partial charge in [0, 0.05) is 12.6 Å². The number of hydrogen-bond acceptors (Lipinski definition) is 3. The fraction of sp³-hybridized carbons (Fsp3) is 0.273. The Kier molecular flexibility index (Phi) is 2.76. The van der Waals surface area contributed by atoms with Gasteiger partial charge in [0.2, 0.25) is 0 Å². The monoisotopic (exact) mass is 259 g/mol. The molecule has 1 aliphatic heterocycles. The van der Waals surface area contributed by atoms with E-state index in [2.05, 4.69) is 0 Å². The number of halogens is 3. The van der Waals surface area contributed by atoms with E-state index in [1.54, 1.807) is 0 Å². The summed E-state index contributed by atoms with van der Waals surface area (Å²) >= 11 is 0. The third-order valence-electron chi connectivity index (χ3n) is 2.57. The van der Waals surface area contributed by atoms with Crippen molar-refractivity contribution in [1.82, 2.24) is 0 Å². The van der Waals surface area contributed by atoms with Crippen molar-refractivity contribution in [3.8, 4) is 5.75 Å². The third-order valence-corrected chi connectivity index (χ3v) is 2.57. The van der Waals surface area contributed by atoms with Crippen LogP contribution in [0.1, 0.15) is 10.4 Å². The minimum atomic E-state index is -4.94. The zero-order valence-electron chi connectivity index (χ0n) is 9.25. The van der Waals surface area contributed by atoms with E-state index in [4.69, 9.17) is 4.74 Å². The largest absolute Gasteiger partial charge is 0.482 e. The van der Waals surface area contributed by atoms with Crippen molar-refractivity contribution in [2.45, 2.75) is 6.18 Å². The maximum atomic E-state index is 12.3. The number of carbonyl (C=O) groups is 2. The van der Waals surface area contributed by atoms with Crippen LogP contribution in [0.25, 0.3) is 0 Å². The number of Topliss-reactive ketones (excluding diaryl/α,β-unsaturated/α-hetero) is 1. The highest BCUT2D eigenvalue weighted by atomic mass is 19.4. The van der Waals surface area contributed by atoms with Crippen molar-refractivity contribution in [1.29, 1.82) is 0 Å². The number of fused-ring (bicyclic) bond motifs is 1.